The second-order valence-corrected chi connectivity index (χ2v) is 4.36. The lowest BCUT2D eigenvalue weighted by molar-refractivity contribution is 0.208. The molecule has 1 aliphatic rings. The molecule has 88 valence electrons. The van der Waals surface area contributed by atoms with Gasteiger partial charge in [0.1, 0.15) is 11.7 Å². The SMILES string of the molecule is CNc1[nH]ccc1C(=N)N(C)C1CC(N)C1. The summed E-state index contributed by atoms with van der Waals surface area (Å²) in [6, 6.07) is 2.65. The van der Waals surface area contributed by atoms with E-state index in [0.29, 0.717) is 17.9 Å². The maximum absolute atomic E-state index is 8.16. The fourth-order valence-corrected chi connectivity index (χ4v) is 2.09. The van der Waals surface area contributed by atoms with Crippen LogP contribution in [0.5, 0.6) is 0 Å². The molecule has 1 aromatic rings. The van der Waals surface area contributed by atoms with Crippen LogP contribution in [0.25, 0.3) is 0 Å². The Morgan fingerprint density at radius 1 is 1.62 bits per heavy atom. The van der Waals surface area contributed by atoms with Crippen molar-refractivity contribution in [2.45, 2.75) is 24.9 Å². The van der Waals surface area contributed by atoms with E-state index in [0.717, 1.165) is 24.2 Å². The second-order valence-electron chi connectivity index (χ2n) is 4.36. The van der Waals surface area contributed by atoms with Gasteiger partial charge in [0, 0.05) is 32.4 Å². The van der Waals surface area contributed by atoms with E-state index in [1.165, 1.54) is 0 Å². The minimum absolute atomic E-state index is 0.315. The van der Waals surface area contributed by atoms with E-state index in [1.807, 2.05) is 31.3 Å². The van der Waals surface area contributed by atoms with Gasteiger partial charge in [0.25, 0.3) is 0 Å². The van der Waals surface area contributed by atoms with Crippen molar-refractivity contribution in [2.75, 3.05) is 19.4 Å². The van der Waals surface area contributed by atoms with E-state index in [1.54, 1.807) is 0 Å². The van der Waals surface area contributed by atoms with Gasteiger partial charge in [-0.25, -0.2) is 0 Å². The summed E-state index contributed by atoms with van der Waals surface area (Å²) in [6.07, 6.45) is 3.81. The molecule has 0 amide bonds. The Morgan fingerprint density at radius 2 is 2.31 bits per heavy atom. The largest absolute Gasteiger partial charge is 0.374 e. The van der Waals surface area contributed by atoms with Crippen molar-refractivity contribution >= 4 is 11.7 Å². The summed E-state index contributed by atoms with van der Waals surface area (Å²) < 4.78 is 0. The first-order valence-electron chi connectivity index (χ1n) is 5.56. The molecule has 0 aromatic carbocycles. The summed E-state index contributed by atoms with van der Waals surface area (Å²) in [5.41, 5.74) is 6.67. The molecule has 5 nitrogen and oxygen atoms in total. The molecule has 2 rings (SSSR count). The molecule has 1 heterocycles. The number of nitrogens with zero attached hydrogens (tertiary/aromatic N) is 1. The van der Waals surface area contributed by atoms with E-state index in [9.17, 15) is 0 Å². The number of anilines is 1. The third-order valence-corrected chi connectivity index (χ3v) is 3.30. The Balaban J connectivity index is 2.07. The third kappa shape index (κ3) is 1.78. The van der Waals surface area contributed by atoms with Crippen LogP contribution < -0.4 is 11.1 Å². The van der Waals surface area contributed by atoms with Crippen LogP contribution in [0.4, 0.5) is 5.82 Å². The second kappa shape index (κ2) is 4.17. The van der Waals surface area contributed by atoms with Gasteiger partial charge in [0.15, 0.2) is 0 Å². The maximum atomic E-state index is 8.16. The number of aromatic amines is 1. The highest BCUT2D eigenvalue weighted by atomic mass is 15.2. The zero-order valence-electron chi connectivity index (χ0n) is 9.75. The summed E-state index contributed by atoms with van der Waals surface area (Å²) in [6.45, 7) is 0. The highest BCUT2D eigenvalue weighted by Gasteiger charge is 2.31. The molecule has 0 atom stereocenters. The smallest absolute Gasteiger partial charge is 0.131 e. The Bertz CT molecular complexity index is 377. The number of hydrogen-bond donors (Lipinski definition) is 4. The van der Waals surface area contributed by atoms with Crippen LogP contribution in [0.3, 0.4) is 0 Å². The fourth-order valence-electron chi connectivity index (χ4n) is 2.09. The molecule has 1 aromatic heterocycles. The van der Waals surface area contributed by atoms with Crippen LogP contribution in [-0.4, -0.2) is 41.9 Å². The van der Waals surface area contributed by atoms with Gasteiger partial charge in [-0.3, -0.25) is 5.41 Å². The average molecular weight is 221 g/mol. The summed E-state index contributed by atoms with van der Waals surface area (Å²) >= 11 is 0. The zero-order chi connectivity index (χ0) is 11.7. The summed E-state index contributed by atoms with van der Waals surface area (Å²) in [5.74, 6) is 1.43. The molecule has 0 spiro atoms. The Labute approximate surface area is 95.5 Å². The van der Waals surface area contributed by atoms with Crippen molar-refractivity contribution in [1.29, 1.82) is 5.41 Å². The molecule has 0 aliphatic heterocycles. The maximum Gasteiger partial charge on any atom is 0.131 e. The molecule has 5 heteroatoms. The average Bonchev–Trinajstić information content (AvgIpc) is 2.70. The number of nitrogens with one attached hydrogen (secondary N) is 3. The van der Waals surface area contributed by atoms with E-state index in [4.69, 9.17) is 11.1 Å². The van der Waals surface area contributed by atoms with Crippen LogP contribution >= 0.6 is 0 Å². The number of amidine groups is 1. The predicted molar refractivity (Wildman–Crippen MR) is 65.9 cm³/mol. The highest BCUT2D eigenvalue weighted by molar-refractivity contribution is 6.00. The van der Waals surface area contributed by atoms with Crippen LogP contribution in [0, 0.1) is 5.41 Å². The highest BCUT2D eigenvalue weighted by Crippen LogP contribution is 2.25. The first-order valence-corrected chi connectivity index (χ1v) is 5.56. The van der Waals surface area contributed by atoms with Crippen LogP contribution in [0.1, 0.15) is 18.4 Å². The number of hydrogen-bond acceptors (Lipinski definition) is 3. The number of nitrogens with two attached hydrogens (primary N) is 1. The first-order chi connectivity index (χ1) is 7.63. The fraction of sp³-hybridized carbons (Fsp3) is 0.545. The lowest BCUT2D eigenvalue weighted by Gasteiger charge is -2.40. The van der Waals surface area contributed by atoms with Gasteiger partial charge in [0.2, 0.25) is 0 Å². The van der Waals surface area contributed by atoms with Gasteiger partial charge in [-0.05, 0) is 18.9 Å². The van der Waals surface area contributed by atoms with Crippen LogP contribution in [-0.2, 0) is 0 Å². The number of H-pyrrole nitrogens is 1. The molecule has 1 saturated carbocycles. The van der Waals surface area contributed by atoms with E-state index in [2.05, 4.69) is 10.3 Å². The lowest BCUT2D eigenvalue weighted by Crippen LogP contribution is -2.51. The molecule has 0 bridgehead atoms. The predicted octanol–water partition coefficient (Wildman–Crippen LogP) is 0.803. The Kier molecular flexibility index (Phi) is 2.87. The van der Waals surface area contributed by atoms with Crippen molar-refractivity contribution in [3.8, 4) is 0 Å². The zero-order valence-corrected chi connectivity index (χ0v) is 9.75. The molecular weight excluding hydrogens is 202 g/mol. The summed E-state index contributed by atoms with van der Waals surface area (Å²) in [5, 5.41) is 11.2. The monoisotopic (exact) mass is 221 g/mol. The summed E-state index contributed by atoms with van der Waals surface area (Å²) in [4.78, 5) is 5.08. The van der Waals surface area contributed by atoms with Gasteiger partial charge in [0.05, 0.1) is 5.56 Å². The van der Waals surface area contributed by atoms with Gasteiger partial charge in [-0.15, -0.1) is 0 Å². The van der Waals surface area contributed by atoms with Crippen molar-refractivity contribution in [2.24, 2.45) is 5.73 Å². The van der Waals surface area contributed by atoms with Crippen molar-refractivity contribution in [3.63, 3.8) is 0 Å². The Morgan fingerprint density at radius 3 is 2.88 bits per heavy atom. The summed E-state index contributed by atoms with van der Waals surface area (Å²) in [7, 11) is 3.81. The van der Waals surface area contributed by atoms with E-state index >= 15 is 0 Å². The minimum atomic E-state index is 0.315. The molecular formula is C11H19N5. The number of rotatable bonds is 3. The Hall–Kier alpha value is -1.49. The normalized spacial score (nSPS) is 23.7. The molecule has 1 fully saturated rings. The standard InChI is InChI=1S/C11H19N5/c1-14-11-9(3-4-15-11)10(13)16(2)8-5-7(12)6-8/h3-4,7-8,13-15H,5-6,12H2,1-2H3. The van der Waals surface area contributed by atoms with Crippen molar-refractivity contribution in [1.82, 2.24) is 9.88 Å². The van der Waals surface area contributed by atoms with Crippen LogP contribution in [0.2, 0.25) is 0 Å². The molecule has 1 aliphatic carbocycles. The molecule has 0 radical (unpaired) electrons. The van der Waals surface area contributed by atoms with Gasteiger partial charge >= 0.3 is 0 Å². The number of aromatic nitrogens is 1. The van der Waals surface area contributed by atoms with Gasteiger partial charge in [-0.2, -0.15) is 0 Å². The first kappa shape index (κ1) is 11.0. The van der Waals surface area contributed by atoms with Gasteiger partial charge in [-0.1, -0.05) is 0 Å². The molecule has 0 unspecified atom stereocenters. The van der Waals surface area contributed by atoms with Crippen molar-refractivity contribution in [3.05, 3.63) is 17.8 Å². The lowest BCUT2D eigenvalue weighted by atomic mass is 9.86. The minimum Gasteiger partial charge on any atom is -0.374 e. The van der Waals surface area contributed by atoms with E-state index < -0.39 is 0 Å². The molecule has 0 saturated heterocycles. The van der Waals surface area contributed by atoms with E-state index in [-0.39, 0.29) is 0 Å². The quantitative estimate of drug-likeness (QED) is 0.450. The topological polar surface area (TPSA) is 80.9 Å². The molecule has 16 heavy (non-hydrogen) atoms. The van der Waals surface area contributed by atoms with Crippen LogP contribution in [0.15, 0.2) is 12.3 Å². The molecule has 5 N–H and O–H groups in total. The third-order valence-electron chi connectivity index (χ3n) is 3.30. The van der Waals surface area contributed by atoms with Crippen molar-refractivity contribution < 1.29 is 0 Å². The van der Waals surface area contributed by atoms with Gasteiger partial charge < -0.3 is 20.9 Å².